The smallest absolute Gasteiger partial charge is 0.261 e. The van der Waals surface area contributed by atoms with Crippen molar-refractivity contribution in [2.75, 3.05) is 6.54 Å². The fourth-order valence-electron chi connectivity index (χ4n) is 2.18. The molecule has 0 radical (unpaired) electrons. The van der Waals surface area contributed by atoms with Crippen LogP contribution in [-0.4, -0.2) is 20.9 Å². The second-order valence-electron chi connectivity index (χ2n) is 5.43. The van der Waals surface area contributed by atoms with Gasteiger partial charge < -0.3 is 5.32 Å². The molecular weight excluding hydrogens is 321 g/mol. The number of carbonyl (C=O) groups is 1. The Morgan fingerprint density at radius 1 is 1.40 bits per heavy atom. The monoisotopic (exact) mass is 335 g/mol. The van der Waals surface area contributed by atoms with Crippen LogP contribution in [0.5, 0.6) is 0 Å². The molecule has 1 aliphatic carbocycles. The quantitative estimate of drug-likeness (QED) is 0.859. The maximum Gasteiger partial charge on any atom is 0.261 e. The van der Waals surface area contributed by atoms with Crippen molar-refractivity contribution in [3.8, 4) is 0 Å². The summed E-state index contributed by atoms with van der Waals surface area (Å²) in [6, 6.07) is 3.83. The number of amides is 1. The number of rotatable bonds is 4. The predicted molar refractivity (Wildman–Crippen MR) is 78.8 cm³/mol. The SMILES string of the molecule is CC1(CNC(=O)c2cc(S(=O)(=O)Cl)ccc2Cl)CCC1. The van der Waals surface area contributed by atoms with Crippen LogP contribution in [-0.2, 0) is 9.05 Å². The maximum absolute atomic E-state index is 12.1. The molecule has 2 rings (SSSR count). The van der Waals surface area contributed by atoms with Gasteiger partial charge in [-0.25, -0.2) is 8.42 Å². The molecule has 110 valence electrons. The average molecular weight is 336 g/mol. The highest BCUT2D eigenvalue weighted by Gasteiger charge is 2.32. The third-order valence-corrected chi connectivity index (χ3v) is 5.38. The zero-order valence-electron chi connectivity index (χ0n) is 10.9. The summed E-state index contributed by atoms with van der Waals surface area (Å²) in [6.07, 6.45) is 3.33. The van der Waals surface area contributed by atoms with Gasteiger partial charge in [-0.2, -0.15) is 0 Å². The lowest BCUT2D eigenvalue weighted by Gasteiger charge is -2.38. The van der Waals surface area contributed by atoms with Gasteiger partial charge in [-0.3, -0.25) is 4.79 Å². The second kappa shape index (κ2) is 5.54. The van der Waals surface area contributed by atoms with Gasteiger partial charge in [-0.05, 0) is 36.5 Å². The Morgan fingerprint density at radius 3 is 2.55 bits per heavy atom. The summed E-state index contributed by atoms with van der Waals surface area (Å²) in [7, 11) is 1.39. The van der Waals surface area contributed by atoms with E-state index in [-0.39, 0.29) is 26.8 Å². The lowest BCUT2D eigenvalue weighted by molar-refractivity contribution is 0.0890. The lowest BCUT2D eigenvalue weighted by Crippen LogP contribution is -2.40. The Morgan fingerprint density at radius 2 is 2.05 bits per heavy atom. The van der Waals surface area contributed by atoms with Crippen molar-refractivity contribution in [2.45, 2.75) is 31.1 Å². The highest BCUT2D eigenvalue weighted by molar-refractivity contribution is 8.13. The van der Waals surface area contributed by atoms with Crippen LogP contribution in [0.15, 0.2) is 23.1 Å². The first kappa shape index (κ1) is 15.6. The van der Waals surface area contributed by atoms with Crippen LogP contribution in [0.3, 0.4) is 0 Å². The van der Waals surface area contributed by atoms with Gasteiger partial charge in [0.05, 0.1) is 15.5 Å². The summed E-state index contributed by atoms with van der Waals surface area (Å²) in [4.78, 5) is 12.0. The first-order valence-electron chi connectivity index (χ1n) is 6.24. The maximum atomic E-state index is 12.1. The fraction of sp³-hybridized carbons (Fsp3) is 0.462. The molecule has 4 nitrogen and oxygen atoms in total. The Bertz CT molecular complexity index is 639. The van der Waals surface area contributed by atoms with Crippen molar-refractivity contribution in [3.05, 3.63) is 28.8 Å². The molecule has 7 heteroatoms. The van der Waals surface area contributed by atoms with Crippen LogP contribution in [0.25, 0.3) is 0 Å². The number of benzene rings is 1. The minimum absolute atomic E-state index is 0.122. The van der Waals surface area contributed by atoms with E-state index in [2.05, 4.69) is 12.2 Å². The molecule has 0 aliphatic heterocycles. The van der Waals surface area contributed by atoms with Gasteiger partial charge in [0.25, 0.3) is 15.0 Å². The Kier molecular flexibility index (Phi) is 4.33. The van der Waals surface area contributed by atoms with Gasteiger partial charge in [-0.1, -0.05) is 24.9 Å². The van der Waals surface area contributed by atoms with E-state index in [1.807, 2.05) is 0 Å². The normalized spacial score (nSPS) is 17.4. The van der Waals surface area contributed by atoms with E-state index in [4.69, 9.17) is 22.3 Å². The van der Waals surface area contributed by atoms with Gasteiger partial charge in [0.2, 0.25) is 0 Å². The third kappa shape index (κ3) is 3.45. The van der Waals surface area contributed by atoms with Crippen molar-refractivity contribution in [1.82, 2.24) is 5.32 Å². The minimum Gasteiger partial charge on any atom is -0.351 e. The minimum atomic E-state index is -3.88. The molecule has 1 aliphatic rings. The number of hydrogen-bond donors (Lipinski definition) is 1. The molecule has 0 bridgehead atoms. The third-order valence-electron chi connectivity index (χ3n) is 3.70. The summed E-state index contributed by atoms with van der Waals surface area (Å²) in [5, 5.41) is 3.00. The largest absolute Gasteiger partial charge is 0.351 e. The van der Waals surface area contributed by atoms with Crippen molar-refractivity contribution >= 4 is 37.2 Å². The number of carbonyl (C=O) groups excluding carboxylic acids is 1. The first-order valence-corrected chi connectivity index (χ1v) is 8.92. The highest BCUT2D eigenvalue weighted by atomic mass is 35.7. The average Bonchev–Trinajstić information content (AvgIpc) is 2.32. The molecule has 0 saturated heterocycles. The van der Waals surface area contributed by atoms with Crippen LogP contribution in [0.1, 0.15) is 36.5 Å². The molecule has 1 fully saturated rings. The number of hydrogen-bond acceptors (Lipinski definition) is 3. The fourth-order valence-corrected chi connectivity index (χ4v) is 3.16. The summed E-state index contributed by atoms with van der Waals surface area (Å²) < 4.78 is 22.6. The van der Waals surface area contributed by atoms with Crippen LogP contribution in [0, 0.1) is 5.41 Å². The van der Waals surface area contributed by atoms with Crippen LogP contribution < -0.4 is 5.32 Å². The van der Waals surface area contributed by atoms with E-state index in [1.54, 1.807) is 0 Å². The van der Waals surface area contributed by atoms with Crippen molar-refractivity contribution in [2.24, 2.45) is 5.41 Å². The van der Waals surface area contributed by atoms with Crippen molar-refractivity contribution in [3.63, 3.8) is 0 Å². The second-order valence-corrected chi connectivity index (χ2v) is 8.40. The summed E-state index contributed by atoms with van der Waals surface area (Å²) in [5.41, 5.74) is 0.259. The molecular formula is C13H15Cl2NO3S. The van der Waals surface area contributed by atoms with Gasteiger partial charge in [0, 0.05) is 17.2 Å². The van der Waals surface area contributed by atoms with E-state index in [0.717, 1.165) is 12.8 Å². The number of nitrogens with one attached hydrogen (secondary N) is 1. The van der Waals surface area contributed by atoms with E-state index in [9.17, 15) is 13.2 Å². The van der Waals surface area contributed by atoms with Crippen molar-refractivity contribution < 1.29 is 13.2 Å². The van der Waals surface area contributed by atoms with Crippen LogP contribution >= 0.6 is 22.3 Å². The highest BCUT2D eigenvalue weighted by Crippen LogP contribution is 2.39. The van der Waals surface area contributed by atoms with E-state index in [1.165, 1.54) is 24.6 Å². The summed E-state index contributed by atoms with van der Waals surface area (Å²) >= 11 is 5.94. The Labute approximate surface area is 127 Å². The molecule has 20 heavy (non-hydrogen) atoms. The lowest BCUT2D eigenvalue weighted by atomic mass is 9.70. The standard InChI is InChI=1S/C13H15Cl2NO3S/c1-13(5-2-6-13)8-16-12(17)10-7-9(20(15,18)19)3-4-11(10)14/h3-4,7H,2,5-6,8H2,1H3,(H,16,17). The van der Waals surface area contributed by atoms with Crippen molar-refractivity contribution in [1.29, 1.82) is 0 Å². The van der Waals surface area contributed by atoms with Gasteiger partial charge in [0.1, 0.15) is 0 Å². The zero-order chi connectivity index (χ0) is 15.0. The van der Waals surface area contributed by atoms with Crippen LogP contribution in [0.2, 0.25) is 5.02 Å². The van der Waals surface area contributed by atoms with E-state index in [0.29, 0.717) is 6.54 Å². The molecule has 0 atom stereocenters. The molecule has 0 spiro atoms. The Balaban J connectivity index is 2.16. The molecule has 0 aromatic heterocycles. The molecule has 1 amide bonds. The van der Waals surface area contributed by atoms with Gasteiger partial charge in [-0.15, -0.1) is 0 Å². The van der Waals surface area contributed by atoms with E-state index >= 15 is 0 Å². The number of halogens is 2. The van der Waals surface area contributed by atoms with Crippen LogP contribution in [0.4, 0.5) is 0 Å². The Hall–Kier alpha value is -0.780. The van der Waals surface area contributed by atoms with Gasteiger partial charge >= 0.3 is 0 Å². The molecule has 1 aromatic carbocycles. The topological polar surface area (TPSA) is 63.2 Å². The first-order chi connectivity index (χ1) is 9.21. The molecule has 0 unspecified atom stereocenters. The summed E-state index contributed by atoms with van der Waals surface area (Å²) in [5.74, 6) is -0.384. The van der Waals surface area contributed by atoms with E-state index < -0.39 is 9.05 Å². The predicted octanol–water partition coefficient (Wildman–Crippen LogP) is 3.19. The molecule has 1 saturated carbocycles. The van der Waals surface area contributed by atoms with Gasteiger partial charge in [0.15, 0.2) is 0 Å². The molecule has 0 heterocycles. The zero-order valence-corrected chi connectivity index (χ0v) is 13.3. The molecule has 1 N–H and O–H groups in total. The summed E-state index contributed by atoms with van der Waals surface area (Å²) in [6.45, 7) is 2.66. The molecule has 1 aromatic rings.